The highest BCUT2D eigenvalue weighted by Crippen LogP contribution is 2.34. The fourth-order valence-electron chi connectivity index (χ4n) is 2.69. The molecule has 0 spiro atoms. The molecule has 4 rings (SSSR count). The number of imidazole rings is 1. The number of para-hydroxylation sites is 2. The van der Waals surface area contributed by atoms with Gasteiger partial charge in [0.25, 0.3) is 0 Å². The van der Waals surface area contributed by atoms with E-state index in [-0.39, 0.29) is 10.1 Å². The van der Waals surface area contributed by atoms with Gasteiger partial charge in [0.1, 0.15) is 0 Å². The van der Waals surface area contributed by atoms with Gasteiger partial charge in [-0.3, -0.25) is 9.38 Å². The van der Waals surface area contributed by atoms with Gasteiger partial charge in [0.15, 0.2) is 0 Å². The lowest BCUT2D eigenvalue weighted by Crippen LogP contribution is -2.10. The van der Waals surface area contributed by atoms with Crippen LogP contribution in [0.1, 0.15) is 11.3 Å². The first kappa shape index (κ1) is 16.2. The molecule has 0 bridgehead atoms. The van der Waals surface area contributed by atoms with Gasteiger partial charge >= 0.3 is 6.18 Å². The molecular weight excluding hydrogens is 444 g/mol. The summed E-state index contributed by atoms with van der Waals surface area (Å²) in [5.41, 5.74) is 1.68. The molecule has 0 aliphatic heterocycles. The van der Waals surface area contributed by atoms with Crippen molar-refractivity contribution in [3.63, 3.8) is 0 Å². The molecule has 25 heavy (non-hydrogen) atoms. The van der Waals surface area contributed by atoms with Crippen LogP contribution in [0.3, 0.4) is 0 Å². The van der Waals surface area contributed by atoms with Crippen molar-refractivity contribution in [2.75, 3.05) is 0 Å². The average molecular weight is 454 g/mol. The van der Waals surface area contributed by atoms with Crippen molar-refractivity contribution in [3.05, 3.63) is 60.0 Å². The lowest BCUT2D eigenvalue weighted by Gasteiger charge is -2.12. The van der Waals surface area contributed by atoms with E-state index in [1.165, 1.54) is 6.20 Å². The number of hydrogen-bond acceptors (Lipinski definition) is 3. The monoisotopic (exact) mass is 454 g/mol. The van der Waals surface area contributed by atoms with E-state index in [1.54, 1.807) is 16.7 Å². The fourth-order valence-corrected chi connectivity index (χ4v) is 3.30. The van der Waals surface area contributed by atoms with E-state index in [1.807, 2.05) is 46.9 Å². The third-order valence-corrected chi connectivity index (χ3v) is 4.60. The quantitative estimate of drug-likeness (QED) is 0.320. The van der Waals surface area contributed by atoms with Crippen LogP contribution >= 0.6 is 22.6 Å². The Hall–Kier alpha value is -2.23. The van der Waals surface area contributed by atoms with E-state index < -0.39 is 11.7 Å². The number of rotatable bonds is 2. The molecule has 0 aliphatic rings. The molecule has 4 aromatic rings. The van der Waals surface area contributed by atoms with E-state index in [0.717, 1.165) is 17.1 Å². The Labute approximate surface area is 153 Å². The Morgan fingerprint density at radius 2 is 1.88 bits per heavy atom. The standard InChI is InChI=1S/C17H10F3IN4/c18-17(19,20)11-7-10(9-22-14(11)8-21)12-5-6-25-15-4-2-1-3-13(15)24-16(25)23-12/h1-7,9H,8H2. The van der Waals surface area contributed by atoms with Crippen LogP contribution in [0.15, 0.2) is 48.8 Å². The molecule has 0 saturated heterocycles. The first-order valence-corrected chi connectivity index (χ1v) is 8.86. The third-order valence-electron chi connectivity index (χ3n) is 3.88. The molecule has 0 amide bonds. The van der Waals surface area contributed by atoms with Gasteiger partial charge < -0.3 is 0 Å². The maximum Gasteiger partial charge on any atom is 0.418 e. The minimum atomic E-state index is -4.45. The largest absolute Gasteiger partial charge is 0.418 e. The minimum absolute atomic E-state index is 0.0180. The number of alkyl halides is 4. The second-order valence-electron chi connectivity index (χ2n) is 5.43. The number of halogens is 4. The molecule has 0 saturated carbocycles. The predicted octanol–water partition coefficient (Wildman–Crippen LogP) is 4.90. The molecule has 0 unspecified atom stereocenters. The maximum atomic E-state index is 13.2. The van der Waals surface area contributed by atoms with Crippen molar-refractivity contribution in [1.29, 1.82) is 0 Å². The highest BCUT2D eigenvalue weighted by Gasteiger charge is 2.34. The number of pyridine rings is 1. The van der Waals surface area contributed by atoms with Crippen LogP contribution in [0, 0.1) is 0 Å². The van der Waals surface area contributed by atoms with E-state index in [4.69, 9.17) is 0 Å². The van der Waals surface area contributed by atoms with Gasteiger partial charge in [0.2, 0.25) is 5.78 Å². The highest BCUT2D eigenvalue weighted by molar-refractivity contribution is 14.1. The third kappa shape index (κ3) is 2.84. The Balaban J connectivity index is 1.88. The van der Waals surface area contributed by atoms with Gasteiger partial charge in [-0.15, -0.1) is 0 Å². The smallest absolute Gasteiger partial charge is 0.284 e. The molecule has 0 aliphatic carbocycles. The van der Waals surface area contributed by atoms with Crippen LogP contribution in [-0.2, 0) is 10.6 Å². The molecule has 8 heteroatoms. The van der Waals surface area contributed by atoms with Crippen molar-refractivity contribution in [2.45, 2.75) is 10.6 Å². The van der Waals surface area contributed by atoms with Crippen molar-refractivity contribution in [1.82, 2.24) is 19.4 Å². The number of aromatic nitrogens is 4. The Bertz CT molecular complexity index is 1090. The van der Waals surface area contributed by atoms with Crippen molar-refractivity contribution < 1.29 is 13.2 Å². The van der Waals surface area contributed by atoms with Crippen molar-refractivity contribution >= 4 is 39.4 Å². The van der Waals surface area contributed by atoms with Crippen LogP contribution in [0.2, 0.25) is 0 Å². The lowest BCUT2D eigenvalue weighted by molar-refractivity contribution is -0.138. The molecule has 0 atom stereocenters. The summed E-state index contributed by atoms with van der Waals surface area (Å²) in [6, 6.07) is 10.3. The zero-order valence-corrected chi connectivity index (χ0v) is 14.8. The molecule has 126 valence electrons. The topological polar surface area (TPSA) is 43.1 Å². The van der Waals surface area contributed by atoms with Crippen LogP contribution < -0.4 is 0 Å². The molecule has 0 fully saturated rings. The van der Waals surface area contributed by atoms with Gasteiger partial charge in [0.05, 0.1) is 28.0 Å². The molecule has 3 aromatic heterocycles. The molecular formula is C17H10F3IN4. The van der Waals surface area contributed by atoms with Gasteiger partial charge in [-0.1, -0.05) is 34.7 Å². The van der Waals surface area contributed by atoms with Gasteiger partial charge in [-0.25, -0.2) is 9.97 Å². The van der Waals surface area contributed by atoms with E-state index in [2.05, 4.69) is 15.0 Å². The van der Waals surface area contributed by atoms with Gasteiger partial charge in [0, 0.05) is 22.4 Å². The highest BCUT2D eigenvalue weighted by atomic mass is 127. The molecule has 1 aromatic carbocycles. The summed E-state index contributed by atoms with van der Waals surface area (Å²) in [6.45, 7) is 0. The summed E-state index contributed by atoms with van der Waals surface area (Å²) in [5.74, 6) is 0.435. The second kappa shape index (κ2) is 5.94. The summed E-state index contributed by atoms with van der Waals surface area (Å²) in [4.78, 5) is 12.8. The predicted molar refractivity (Wildman–Crippen MR) is 96.5 cm³/mol. The SMILES string of the molecule is FC(F)(F)c1cc(-c2ccn3c(n2)nc2ccccc23)cnc1CI. The fraction of sp³-hybridized carbons (Fsp3) is 0.118. The summed E-state index contributed by atoms with van der Waals surface area (Å²) >= 11 is 1.87. The van der Waals surface area contributed by atoms with Gasteiger partial charge in [-0.2, -0.15) is 13.2 Å². The first-order chi connectivity index (χ1) is 12.0. The summed E-state index contributed by atoms with van der Waals surface area (Å²) in [5, 5.41) is 0. The number of benzene rings is 1. The second-order valence-corrected chi connectivity index (χ2v) is 6.20. The first-order valence-electron chi connectivity index (χ1n) is 7.33. The Morgan fingerprint density at radius 1 is 1.08 bits per heavy atom. The van der Waals surface area contributed by atoms with Gasteiger partial charge in [-0.05, 0) is 24.3 Å². The Kier molecular flexibility index (Phi) is 3.86. The minimum Gasteiger partial charge on any atom is -0.284 e. The van der Waals surface area contributed by atoms with Crippen LogP contribution in [0.25, 0.3) is 28.1 Å². The van der Waals surface area contributed by atoms with E-state index >= 15 is 0 Å². The number of fused-ring (bicyclic) bond motifs is 3. The lowest BCUT2D eigenvalue weighted by atomic mass is 10.1. The molecule has 0 radical (unpaired) electrons. The number of hydrogen-bond donors (Lipinski definition) is 0. The van der Waals surface area contributed by atoms with Crippen LogP contribution in [0.4, 0.5) is 13.2 Å². The van der Waals surface area contributed by atoms with E-state index in [9.17, 15) is 13.2 Å². The van der Waals surface area contributed by atoms with Crippen molar-refractivity contribution in [3.8, 4) is 11.3 Å². The molecule has 3 heterocycles. The van der Waals surface area contributed by atoms with Crippen molar-refractivity contribution in [2.24, 2.45) is 0 Å². The maximum absolute atomic E-state index is 13.2. The summed E-state index contributed by atoms with van der Waals surface area (Å²) < 4.78 is 41.7. The van der Waals surface area contributed by atoms with E-state index in [0.29, 0.717) is 17.0 Å². The summed E-state index contributed by atoms with van der Waals surface area (Å²) in [6.07, 6.45) is -1.27. The summed E-state index contributed by atoms with van der Waals surface area (Å²) in [7, 11) is 0. The molecule has 0 N–H and O–H groups in total. The Morgan fingerprint density at radius 3 is 2.64 bits per heavy atom. The zero-order chi connectivity index (χ0) is 17.6. The zero-order valence-electron chi connectivity index (χ0n) is 12.6. The van der Waals surface area contributed by atoms with Crippen LogP contribution in [0.5, 0.6) is 0 Å². The molecule has 4 nitrogen and oxygen atoms in total. The number of nitrogens with zero attached hydrogens (tertiary/aromatic N) is 4. The normalized spacial score (nSPS) is 12.2. The van der Waals surface area contributed by atoms with Crippen LogP contribution in [-0.4, -0.2) is 19.4 Å². The average Bonchev–Trinajstić information content (AvgIpc) is 2.98.